The maximum absolute atomic E-state index is 11.7. The van der Waals surface area contributed by atoms with E-state index in [9.17, 15) is 23.8 Å². The van der Waals surface area contributed by atoms with Gasteiger partial charge in [0.25, 0.3) is 0 Å². The Morgan fingerprint density at radius 3 is 2.54 bits per heavy atom. The number of rotatable bonds is 4. The van der Waals surface area contributed by atoms with E-state index in [-0.39, 0.29) is 9.90 Å². The first-order chi connectivity index (χ1) is 12.3. The van der Waals surface area contributed by atoms with E-state index in [1.807, 2.05) is 9.80 Å². The molecule has 11 heteroatoms. The zero-order valence-corrected chi connectivity index (χ0v) is 15.5. The van der Waals surface area contributed by atoms with Crippen molar-refractivity contribution in [2.75, 3.05) is 42.2 Å². The van der Waals surface area contributed by atoms with Crippen LogP contribution in [0.1, 0.15) is 5.56 Å². The van der Waals surface area contributed by atoms with Gasteiger partial charge in [-0.3, -0.25) is 10.1 Å². The summed E-state index contributed by atoms with van der Waals surface area (Å²) in [6.45, 7) is 1.97. The predicted octanol–water partition coefficient (Wildman–Crippen LogP) is 1.65. The largest absolute Gasteiger partial charge is 0.354 e. The number of aromatic nitrogens is 1. The molecule has 26 heavy (non-hydrogen) atoms. The van der Waals surface area contributed by atoms with Gasteiger partial charge in [0.05, 0.1) is 10.5 Å². The van der Waals surface area contributed by atoms with Gasteiger partial charge in [0.15, 0.2) is 14.8 Å². The quantitative estimate of drug-likeness (QED) is 0.568. The highest BCUT2D eigenvalue weighted by molar-refractivity contribution is 7.92. The molecular formula is C15H15N5O4S2. The molecule has 0 radical (unpaired) electrons. The van der Waals surface area contributed by atoms with Crippen LogP contribution in [0.2, 0.25) is 0 Å². The minimum atomic E-state index is -3.51. The molecule has 0 saturated carbocycles. The molecule has 0 aliphatic carbocycles. The molecule has 0 bridgehead atoms. The lowest BCUT2D eigenvalue weighted by molar-refractivity contribution is -0.383. The fourth-order valence-electron chi connectivity index (χ4n) is 2.75. The van der Waals surface area contributed by atoms with Crippen molar-refractivity contribution in [3.63, 3.8) is 0 Å². The Morgan fingerprint density at radius 1 is 1.31 bits per heavy atom. The maximum atomic E-state index is 11.7. The number of piperazine rings is 1. The Labute approximate surface area is 154 Å². The molecule has 0 spiro atoms. The third kappa shape index (κ3) is 3.47. The molecule has 0 N–H and O–H groups in total. The van der Waals surface area contributed by atoms with Gasteiger partial charge in [-0.15, -0.1) is 0 Å². The lowest BCUT2D eigenvalue weighted by Crippen LogP contribution is -2.47. The third-order valence-corrected chi connectivity index (χ3v) is 6.99. The first kappa shape index (κ1) is 18.1. The van der Waals surface area contributed by atoms with Crippen LogP contribution in [0.25, 0.3) is 0 Å². The van der Waals surface area contributed by atoms with Crippen LogP contribution >= 0.6 is 11.3 Å². The first-order valence-corrected chi connectivity index (χ1v) is 10.4. The van der Waals surface area contributed by atoms with Crippen LogP contribution in [0, 0.1) is 21.4 Å². The molecule has 1 aliphatic heterocycles. The number of nitrogens with zero attached hydrogens (tertiary/aromatic N) is 5. The van der Waals surface area contributed by atoms with Crippen molar-refractivity contribution in [1.82, 2.24) is 4.98 Å². The van der Waals surface area contributed by atoms with Gasteiger partial charge in [0.1, 0.15) is 16.1 Å². The number of nitro groups is 1. The molecule has 3 heterocycles. The summed E-state index contributed by atoms with van der Waals surface area (Å²) in [7, 11) is -3.51. The number of pyridine rings is 1. The minimum Gasteiger partial charge on any atom is -0.354 e. The van der Waals surface area contributed by atoms with Crippen LogP contribution in [-0.4, -0.2) is 50.8 Å². The van der Waals surface area contributed by atoms with E-state index < -0.39 is 14.8 Å². The molecule has 2 aromatic rings. The van der Waals surface area contributed by atoms with E-state index in [2.05, 4.69) is 11.1 Å². The topological polar surface area (TPSA) is 120 Å². The second-order valence-electron chi connectivity index (χ2n) is 5.75. The maximum Gasteiger partial charge on any atom is 0.305 e. The lowest BCUT2D eigenvalue weighted by atomic mass is 10.2. The van der Waals surface area contributed by atoms with Gasteiger partial charge < -0.3 is 9.80 Å². The molecule has 0 atom stereocenters. The second kappa shape index (κ2) is 6.89. The van der Waals surface area contributed by atoms with E-state index in [1.165, 1.54) is 0 Å². The molecule has 9 nitrogen and oxygen atoms in total. The summed E-state index contributed by atoms with van der Waals surface area (Å²) in [5.41, 5.74) is 0.279. The zero-order chi connectivity index (χ0) is 18.9. The van der Waals surface area contributed by atoms with Crippen LogP contribution in [-0.2, 0) is 9.84 Å². The lowest BCUT2D eigenvalue weighted by Gasteiger charge is -2.35. The fraction of sp³-hybridized carbons (Fsp3) is 0.333. The normalized spacial score (nSPS) is 14.9. The summed E-state index contributed by atoms with van der Waals surface area (Å²) >= 11 is 0.916. The highest BCUT2D eigenvalue weighted by Gasteiger charge is 2.30. The van der Waals surface area contributed by atoms with Crippen molar-refractivity contribution in [3.8, 4) is 6.07 Å². The average molecular weight is 393 g/mol. The molecule has 0 unspecified atom stereocenters. The summed E-state index contributed by atoms with van der Waals surface area (Å²) in [5.74, 6) is 0.590. The zero-order valence-electron chi connectivity index (χ0n) is 13.8. The highest BCUT2D eigenvalue weighted by atomic mass is 32.2. The van der Waals surface area contributed by atoms with Crippen molar-refractivity contribution in [3.05, 3.63) is 40.1 Å². The predicted molar refractivity (Wildman–Crippen MR) is 97.5 cm³/mol. The monoisotopic (exact) mass is 393 g/mol. The van der Waals surface area contributed by atoms with Crippen molar-refractivity contribution >= 4 is 37.7 Å². The Balaban J connectivity index is 1.83. The first-order valence-electron chi connectivity index (χ1n) is 7.64. The van der Waals surface area contributed by atoms with E-state index in [1.54, 1.807) is 18.3 Å². The number of sulfone groups is 1. The van der Waals surface area contributed by atoms with Crippen molar-refractivity contribution < 1.29 is 13.3 Å². The molecule has 1 saturated heterocycles. The van der Waals surface area contributed by atoms with Gasteiger partial charge in [-0.05, 0) is 12.1 Å². The smallest absolute Gasteiger partial charge is 0.305 e. The van der Waals surface area contributed by atoms with Gasteiger partial charge >= 0.3 is 5.69 Å². The number of nitriles is 1. The molecule has 0 aromatic carbocycles. The molecule has 2 aromatic heterocycles. The Kier molecular flexibility index (Phi) is 4.80. The van der Waals surface area contributed by atoms with Gasteiger partial charge in [0.2, 0.25) is 0 Å². The summed E-state index contributed by atoms with van der Waals surface area (Å²) in [4.78, 5) is 18.8. The Bertz CT molecular complexity index is 988. The van der Waals surface area contributed by atoms with Gasteiger partial charge in [-0.2, -0.15) is 5.26 Å². The van der Waals surface area contributed by atoms with Crippen LogP contribution in [0.15, 0.2) is 28.6 Å². The number of anilines is 2. The Morgan fingerprint density at radius 2 is 1.96 bits per heavy atom. The number of hydrogen-bond donors (Lipinski definition) is 0. The van der Waals surface area contributed by atoms with E-state index in [0.717, 1.165) is 23.7 Å². The van der Waals surface area contributed by atoms with Crippen molar-refractivity contribution in [2.24, 2.45) is 0 Å². The third-order valence-electron chi connectivity index (χ3n) is 4.01. The highest BCUT2D eigenvalue weighted by Crippen LogP contribution is 2.40. The summed E-state index contributed by atoms with van der Waals surface area (Å²) in [6, 6.07) is 6.61. The number of hydrogen-bond acceptors (Lipinski definition) is 9. The SMILES string of the molecule is CS(=O)(=O)c1cc([N+](=O)[O-])c(N2CCN(c3ncccc3C#N)CC2)s1. The van der Waals surface area contributed by atoms with Crippen LogP contribution < -0.4 is 9.80 Å². The molecule has 136 valence electrons. The van der Waals surface area contributed by atoms with E-state index >= 15 is 0 Å². The van der Waals surface area contributed by atoms with Crippen LogP contribution in [0.5, 0.6) is 0 Å². The van der Waals surface area contributed by atoms with Gasteiger partial charge in [-0.25, -0.2) is 13.4 Å². The van der Waals surface area contributed by atoms with Crippen LogP contribution in [0.4, 0.5) is 16.5 Å². The standard InChI is InChI=1S/C15H15N5O4S2/c1-26(23,24)13-9-12(20(21)22)15(25-13)19-7-5-18(6-8-19)14-11(10-16)3-2-4-17-14/h2-4,9H,5-8H2,1H3. The van der Waals surface area contributed by atoms with E-state index in [4.69, 9.17) is 0 Å². The molecule has 1 fully saturated rings. The molecule has 3 rings (SSSR count). The van der Waals surface area contributed by atoms with Crippen molar-refractivity contribution in [2.45, 2.75) is 4.21 Å². The molecular weight excluding hydrogens is 378 g/mol. The van der Waals surface area contributed by atoms with Gasteiger partial charge in [0, 0.05) is 44.7 Å². The molecule has 0 amide bonds. The average Bonchev–Trinajstić information content (AvgIpc) is 3.08. The molecule has 1 aliphatic rings. The summed E-state index contributed by atoms with van der Waals surface area (Å²) in [5, 5.41) is 20.9. The second-order valence-corrected chi connectivity index (χ2v) is 9.02. The number of thiophene rings is 1. The summed E-state index contributed by atoms with van der Waals surface area (Å²) in [6.07, 6.45) is 2.65. The fourth-order valence-corrected chi connectivity index (χ4v) is 4.83. The van der Waals surface area contributed by atoms with Gasteiger partial charge in [-0.1, -0.05) is 11.3 Å². The summed E-state index contributed by atoms with van der Waals surface area (Å²) < 4.78 is 23.5. The van der Waals surface area contributed by atoms with E-state index in [0.29, 0.717) is 42.6 Å². The Hall–Kier alpha value is -2.71. The van der Waals surface area contributed by atoms with Crippen LogP contribution in [0.3, 0.4) is 0 Å². The van der Waals surface area contributed by atoms with Crippen molar-refractivity contribution in [1.29, 1.82) is 5.26 Å². The minimum absolute atomic E-state index is 0.0156.